The van der Waals surface area contributed by atoms with E-state index in [0.29, 0.717) is 0 Å². The van der Waals surface area contributed by atoms with Gasteiger partial charge in [-0.2, -0.15) is 0 Å². The highest BCUT2D eigenvalue weighted by molar-refractivity contribution is 5.84. The average Bonchev–Trinajstić information content (AvgIpc) is 2.76. The largest absolute Gasteiger partial charge is 0.256 e. The summed E-state index contributed by atoms with van der Waals surface area (Å²) in [5, 5.41) is 0. The molecule has 0 bridgehead atoms. The van der Waals surface area contributed by atoms with Crippen molar-refractivity contribution >= 4 is 0 Å². The molecule has 1 atom stereocenters. The fourth-order valence-electron chi connectivity index (χ4n) is 2.88. The molecule has 2 heteroatoms. The molecule has 0 fully saturated rings. The first kappa shape index (κ1) is 22.6. The molecule has 0 aliphatic heterocycles. The van der Waals surface area contributed by atoms with E-state index in [1.165, 1.54) is 0 Å². The molecule has 0 N–H and O–H groups in total. The third kappa shape index (κ3) is 5.75. The van der Waals surface area contributed by atoms with Crippen molar-refractivity contribution in [1.29, 1.82) is 0 Å². The van der Waals surface area contributed by atoms with Gasteiger partial charge in [0.05, 0.1) is 5.69 Å². The van der Waals surface area contributed by atoms with Gasteiger partial charge >= 0.3 is 0 Å². The number of aromatic nitrogens is 1. The van der Waals surface area contributed by atoms with Gasteiger partial charge in [0.1, 0.15) is 5.82 Å². The molecular formula is C25H32FN. The van der Waals surface area contributed by atoms with Gasteiger partial charge in [-0.1, -0.05) is 77.9 Å². The first-order valence-electron chi connectivity index (χ1n) is 10.0. The van der Waals surface area contributed by atoms with E-state index in [4.69, 9.17) is 0 Å². The minimum Gasteiger partial charge on any atom is -0.256 e. The molecule has 3 aromatic rings. The van der Waals surface area contributed by atoms with Crippen molar-refractivity contribution in [2.45, 2.75) is 53.9 Å². The summed E-state index contributed by atoms with van der Waals surface area (Å²) in [4.78, 5) is 4.52. The van der Waals surface area contributed by atoms with Crippen molar-refractivity contribution < 1.29 is 4.39 Å². The Bertz CT molecular complexity index is 782. The first-order chi connectivity index (χ1) is 13.2. The van der Waals surface area contributed by atoms with Gasteiger partial charge in [-0.05, 0) is 53.3 Å². The molecule has 27 heavy (non-hydrogen) atoms. The Morgan fingerprint density at radius 1 is 0.889 bits per heavy atom. The molecule has 0 aliphatic rings. The number of pyridine rings is 1. The molecule has 0 radical (unpaired) electrons. The van der Waals surface area contributed by atoms with Gasteiger partial charge in [-0.25, -0.2) is 4.39 Å². The Morgan fingerprint density at radius 3 is 2.07 bits per heavy atom. The minimum atomic E-state index is -0.196. The molecule has 2 aromatic carbocycles. The lowest BCUT2D eigenvalue weighted by molar-refractivity contribution is 0.620. The van der Waals surface area contributed by atoms with Crippen LogP contribution in [0.3, 0.4) is 0 Å². The average molecular weight is 366 g/mol. The van der Waals surface area contributed by atoms with Crippen molar-refractivity contribution in [3.05, 3.63) is 78.2 Å². The lowest BCUT2D eigenvalue weighted by Crippen LogP contribution is -2.00. The summed E-state index contributed by atoms with van der Waals surface area (Å²) in [5.41, 5.74) is 4.86. The third-order valence-corrected chi connectivity index (χ3v) is 4.28. The molecule has 3 rings (SSSR count). The summed E-state index contributed by atoms with van der Waals surface area (Å²) in [6.45, 7) is 12.3. The Labute approximate surface area is 164 Å². The van der Waals surface area contributed by atoms with Crippen LogP contribution in [-0.4, -0.2) is 4.98 Å². The number of rotatable bonds is 4. The molecule has 0 amide bonds. The lowest BCUT2D eigenvalue weighted by Gasteiger charge is -2.19. The zero-order chi connectivity index (χ0) is 20.2. The standard InChI is InChI=1S/C21H20FN.2C2H6/c1-3-15(2)18-13-17(22)14-19(16-9-5-4-6-10-16)21(18)20-11-7-8-12-23-20;2*1-2/h4-15H,3H2,1-2H3;2*1-2H3. The van der Waals surface area contributed by atoms with Gasteiger partial charge < -0.3 is 0 Å². The van der Waals surface area contributed by atoms with Gasteiger partial charge in [0.2, 0.25) is 0 Å². The van der Waals surface area contributed by atoms with Crippen molar-refractivity contribution in [2.24, 2.45) is 0 Å². The molecule has 1 unspecified atom stereocenters. The number of hydrogen-bond acceptors (Lipinski definition) is 1. The molecule has 0 aliphatic carbocycles. The summed E-state index contributed by atoms with van der Waals surface area (Å²) in [7, 11) is 0. The van der Waals surface area contributed by atoms with Crippen molar-refractivity contribution in [1.82, 2.24) is 4.98 Å². The van der Waals surface area contributed by atoms with Crippen LogP contribution < -0.4 is 0 Å². The van der Waals surface area contributed by atoms with Gasteiger partial charge in [0.15, 0.2) is 0 Å². The summed E-state index contributed by atoms with van der Waals surface area (Å²) < 4.78 is 14.3. The van der Waals surface area contributed by atoms with Gasteiger partial charge in [-0.15, -0.1) is 0 Å². The second-order valence-corrected chi connectivity index (χ2v) is 5.81. The zero-order valence-electron chi connectivity index (χ0n) is 17.5. The molecule has 144 valence electrons. The van der Waals surface area contributed by atoms with E-state index in [2.05, 4.69) is 18.8 Å². The number of benzene rings is 2. The molecule has 0 saturated carbocycles. The van der Waals surface area contributed by atoms with Crippen molar-refractivity contribution in [3.8, 4) is 22.4 Å². The van der Waals surface area contributed by atoms with Crippen LogP contribution >= 0.6 is 0 Å². The molecular weight excluding hydrogens is 333 g/mol. The Balaban J connectivity index is 0.000000855. The van der Waals surface area contributed by atoms with E-state index in [0.717, 1.165) is 34.4 Å². The summed E-state index contributed by atoms with van der Waals surface area (Å²) >= 11 is 0. The highest BCUT2D eigenvalue weighted by atomic mass is 19.1. The highest BCUT2D eigenvalue weighted by Gasteiger charge is 2.18. The lowest BCUT2D eigenvalue weighted by atomic mass is 9.86. The molecule has 0 saturated heterocycles. The van der Waals surface area contributed by atoms with Crippen molar-refractivity contribution in [2.75, 3.05) is 0 Å². The molecule has 1 aromatic heterocycles. The van der Waals surface area contributed by atoms with Crippen LogP contribution in [0.25, 0.3) is 22.4 Å². The Morgan fingerprint density at radius 2 is 1.52 bits per heavy atom. The van der Waals surface area contributed by atoms with Gasteiger partial charge in [0, 0.05) is 11.8 Å². The van der Waals surface area contributed by atoms with Gasteiger partial charge in [-0.3, -0.25) is 4.98 Å². The fourth-order valence-corrected chi connectivity index (χ4v) is 2.88. The summed E-state index contributed by atoms with van der Waals surface area (Å²) in [6, 6.07) is 19.1. The second-order valence-electron chi connectivity index (χ2n) is 5.81. The third-order valence-electron chi connectivity index (χ3n) is 4.28. The smallest absolute Gasteiger partial charge is 0.124 e. The number of nitrogens with zero attached hydrogens (tertiary/aromatic N) is 1. The number of halogens is 1. The van der Waals surface area contributed by atoms with E-state index in [1.54, 1.807) is 18.3 Å². The van der Waals surface area contributed by atoms with E-state index < -0.39 is 0 Å². The fraction of sp³-hybridized carbons (Fsp3) is 0.320. The zero-order valence-corrected chi connectivity index (χ0v) is 17.5. The van der Waals surface area contributed by atoms with Gasteiger partial charge in [0.25, 0.3) is 0 Å². The number of hydrogen-bond donors (Lipinski definition) is 0. The van der Waals surface area contributed by atoms with Crippen molar-refractivity contribution in [3.63, 3.8) is 0 Å². The van der Waals surface area contributed by atoms with Crippen LogP contribution in [0.15, 0.2) is 66.9 Å². The molecule has 0 spiro atoms. The normalized spacial score (nSPS) is 10.8. The second kappa shape index (κ2) is 12.0. The maximum atomic E-state index is 14.3. The van der Waals surface area contributed by atoms with E-state index in [9.17, 15) is 4.39 Å². The maximum absolute atomic E-state index is 14.3. The Hall–Kier alpha value is -2.48. The van der Waals surface area contributed by atoms with Crippen LogP contribution in [0.4, 0.5) is 4.39 Å². The van der Waals surface area contributed by atoms with Crippen LogP contribution in [0, 0.1) is 5.82 Å². The predicted molar refractivity (Wildman–Crippen MR) is 116 cm³/mol. The quantitative estimate of drug-likeness (QED) is 0.455. The van der Waals surface area contributed by atoms with Crippen LogP contribution in [0.2, 0.25) is 0 Å². The summed E-state index contributed by atoms with van der Waals surface area (Å²) in [5.74, 6) is 0.0732. The molecule has 1 nitrogen and oxygen atoms in total. The summed E-state index contributed by atoms with van der Waals surface area (Å²) in [6.07, 6.45) is 2.74. The van der Waals surface area contributed by atoms with E-state index in [-0.39, 0.29) is 11.7 Å². The minimum absolute atomic E-state index is 0.196. The van der Waals surface area contributed by atoms with Crippen LogP contribution in [0.5, 0.6) is 0 Å². The van der Waals surface area contributed by atoms with Crippen LogP contribution in [0.1, 0.15) is 59.4 Å². The van der Waals surface area contributed by atoms with Crippen LogP contribution in [-0.2, 0) is 0 Å². The SMILES string of the molecule is CC.CC.CCC(C)c1cc(F)cc(-c2ccccc2)c1-c1ccccn1. The molecule has 1 heterocycles. The topological polar surface area (TPSA) is 12.9 Å². The Kier molecular flexibility index (Phi) is 10.0. The highest BCUT2D eigenvalue weighted by Crippen LogP contribution is 2.38. The van der Waals surface area contributed by atoms with E-state index >= 15 is 0 Å². The first-order valence-corrected chi connectivity index (χ1v) is 10.0. The predicted octanol–water partition coefficient (Wildman–Crippen LogP) is 8.12. The maximum Gasteiger partial charge on any atom is 0.124 e. The van der Waals surface area contributed by atoms with E-state index in [1.807, 2.05) is 76.2 Å². The monoisotopic (exact) mass is 365 g/mol.